The highest BCUT2D eigenvalue weighted by Gasteiger charge is 2.21. The van der Waals surface area contributed by atoms with Gasteiger partial charge in [0.2, 0.25) is 0 Å². The highest BCUT2D eigenvalue weighted by molar-refractivity contribution is 5.67. The molecule has 4 heteroatoms. The highest BCUT2D eigenvalue weighted by atomic mass is 16.6. The molecule has 1 amide bonds. The molecule has 0 saturated heterocycles. The van der Waals surface area contributed by atoms with Crippen molar-refractivity contribution in [1.82, 2.24) is 10.2 Å². The van der Waals surface area contributed by atoms with Crippen LogP contribution >= 0.6 is 0 Å². The van der Waals surface area contributed by atoms with Crippen molar-refractivity contribution in [3.8, 4) is 0 Å². The lowest BCUT2D eigenvalue weighted by molar-refractivity contribution is 0.0297. The van der Waals surface area contributed by atoms with Crippen LogP contribution in [0.2, 0.25) is 0 Å². The number of ether oxygens (including phenoxy) is 1. The second-order valence-corrected chi connectivity index (χ2v) is 7.04. The van der Waals surface area contributed by atoms with Crippen molar-refractivity contribution in [2.24, 2.45) is 5.92 Å². The SMILES string of the molecule is CC(NCCCN(C)C(=O)OC(C)(C)C)C1CCCC1. The van der Waals surface area contributed by atoms with Crippen molar-refractivity contribution in [3.05, 3.63) is 0 Å². The maximum Gasteiger partial charge on any atom is 0.410 e. The summed E-state index contributed by atoms with van der Waals surface area (Å²) in [5, 5.41) is 3.59. The van der Waals surface area contributed by atoms with Gasteiger partial charge >= 0.3 is 6.09 Å². The number of carbonyl (C=O) groups is 1. The Hall–Kier alpha value is -0.770. The zero-order valence-electron chi connectivity index (χ0n) is 13.9. The molecule has 1 rings (SSSR count). The van der Waals surface area contributed by atoms with Crippen LogP contribution in [0.25, 0.3) is 0 Å². The molecule has 0 aliphatic heterocycles. The van der Waals surface area contributed by atoms with Gasteiger partial charge in [-0.1, -0.05) is 12.8 Å². The van der Waals surface area contributed by atoms with Gasteiger partial charge in [-0.25, -0.2) is 4.79 Å². The van der Waals surface area contributed by atoms with Gasteiger partial charge < -0.3 is 15.0 Å². The van der Waals surface area contributed by atoms with Crippen molar-refractivity contribution in [2.45, 2.75) is 71.4 Å². The zero-order valence-corrected chi connectivity index (χ0v) is 13.9. The number of hydrogen-bond acceptors (Lipinski definition) is 3. The van der Waals surface area contributed by atoms with Gasteiger partial charge in [0.15, 0.2) is 0 Å². The van der Waals surface area contributed by atoms with Crippen LogP contribution in [0.1, 0.15) is 59.8 Å². The summed E-state index contributed by atoms with van der Waals surface area (Å²) in [6.07, 6.45) is 6.24. The molecule has 4 nitrogen and oxygen atoms in total. The lowest BCUT2D eigenvalue weighted by atomic mass is 10.00. The Morgan fingerprint density at radius 2 is 1.95 bits per heavy atom. The quantitative estimate of drug-likeness (QED) is 0.760. The van der Waals surface area contributed by atoms with Gasteiger partial charge in [-0.15, -0.1) is 0 Å². The molecule has 0 aromatic carbocycles. The Morgan fingerprint density at radius 3 is 2.50 bits per heavy atom. The maximum absolute atomic E-state index is 11.8. The van der Waals surface area contributed by atoms with Crippen molar-refractivity contribution in [3.63, 3.8) is 0 Å². The van der Waals surface area contributed by atoms with Crippen LogP contribution in [0.3, 0.4) is 0 Å². The van der Waals surface area contributed by atoms with E-state index in [1.54, 1.807) is 11.9 Å². The second-order valence-electron chi connectivity index (χ2n) is 7.04. The third kappa shape index (κ3) is 6.60. The minimum Gasteiger partial charge on any atom is -0.444 e. The van der Waals surface area contributed by atoms with Gasteiger partial charge in [-0.3, -0.25) is 0 Å². The Bertz CT molecular complexity index is 293. The molecule has 0 spiro atoms. The van der Waals surface area contributed by atoms with Crippen molar-refractivity contribution < 1.29 is 9.53 Å². The first kappa shape index (κ1) is 17.3. The largest absolute Gasteiger partial charge is 0.444 e. The zero-order chi connectivity index (χ0) is 15.2. The summed E-state index contributed by atoms with van der Waals surface area (Å²) >= 11 is 0. The maximum atomic E-state index is 11.8. The molecule has 0 heterocycles. The molecule has 20 heavy (non-hydrogen) atoms. The predicted molar refractivity (Wildman–Crippen MR) is 82.9 cm³/mol. The van der Waals surface area contributed by atoms with E-state index in [1.165, 1.54) is 25.7 Å². The van der Waals surface area contributed by atoms with E-state index in [9.17, 15) is 4.79 Å². The van der Waals surface area contributed by atoms with Crippen LogP contribution in [-0.2, 0) is 4.74 Å². The molecule has 1 aliphatic carbocycles. The van der Waals surface area contributed by atoms with Gasteiger partial charge in [-0.2, -0.15) is 0 Å². The summed E-state index contributed by atoms with van der Waals surface area (Å²) in [7, 11) is 1.80. The monoisotopic (exact) mass is 284 g/mol. The predicted octanol–water partition coefficient (Wildman–Crippen LogP) is 3.41. The molecule has 1 N–H and O–H groups in total. The molecule has 118 valence electrons. The number of carbonyl (C=O) groups excluding carboxylic acids is 1. The lowest BCUT2D eigenvalue weighted by Crippen LogP contribution is -2.37. The number of nitrogens with one attached hydrogen (secondary N) is 1. The highest BCUT2D eigenvalue weighted by Crippen LogP contribution is 2.27. The van der Waals surface area contributed by atoms with Crippen molar-refractivity contribution in [2.75, 3.05) is 20.1 Å². The van der Waals surface area contributed by atoms with E-state index in [-0.39, 0.29) is 6.09 Å². The molecule has 0 bridgehead atoms. The summed E-state index contributed by atoms with van der Waals surface area (Å²) < 4.78 is 5.33. The van der Waals surface area contributed by atoms with Crippen molar-refractivity contribution >= 4 is 6.09 Å². The van der Waals surface area contributed by atoms with Crippen LogP contribution < -0.4 is 5.32 Å². The summed E-state index contributed by atoms with van der Waals surface area (Å²) in [4.78, 5) is 13.4. The third-order valence-electron chi connectivity index (χ3n) is 3.95. The average Bonchev–Trinajstić information content (AvgIpc) is 2.85. The third-order valence-corrected chi connectivity index (χ3v) is 3.95. The summed E-state index contributed by atoms with van der Waals surface area (Å²) in [6, 6.07) is 0.601. The Labute approximate surface area is 124 Å². The van der Waals surface area contributed by atoms with E-state index < -0.39 is 5.60 Å². The van der Waals surface area contributed by atoms with E-state index in [0.29, 0.717) is 6.04 Å². The van der Waals surface area contributed by atoms with E-state index in [4.69, 9.17) is 4.74 Å². The standard InChI is InChI=1S/C16H32N2O2/c1-13(14-9-6-7-10-14)17-11-8-12-18(5)15(19)20-16(2,3)4/h13-14,17H,6-12H2,1-5H3. The van der Waals surface area contributed by atoms with Gasteiger partial charge in [0.05, 0.1) is 0 Å². The average molecular weight is 284 g/mol. The van der Waals surface area contributed by atoms with E-state index >= 15 is 0 Å². The van der Waals surface area contributed by atoms with Gasteiger partial charge in [0.1, 0.15) is 5.60 Å². The van der Waals surface area contributed by atoms with Gasteiger partial charge in [-0.05, 0) is 59.4 Å². The molecular formula is C16H32N2O2. The molecule has 1 saturated carbocycles. The summed E-state index contributed by atoms with van der Waals surface area (Å²) in [5.74, 6) is 0.846. The second kappa shape index (κ2) is 7.87. The van der Waals surface area contributed by atoms with Gasteiger partial charge in [0, 0.05) is 19.6 Å². The van der Waals surface area contributed by atoms with E-state index in [1.807, 2.05) is 20.8 Å². The van der Waals surface area contributed by atoms with Crippen LogP contribution in [0.5, 0.6) is 0 Å². The molecule has 0 radical (unpaired) electrons. The molecule has 0 aromatic rings. The first-order valence-corrected chi connectivity index (χ1v) is 7.97. The smallest absolute Gasteiger partial charge is 0.410 e. The number of hydrogen-bond donors (Lipinski definition) is 1. The molecule has 1 atom stereocenters. The fourth-order valence-corrected chi connectivity index (χ4v) is 2.70. The number of amides is 1. The minimum atomic E-state index is -0.416. The molecule has 1 fully saturated rings. The molecule has 1 aliphatic rings. The summed E-state index contributed by atoms with van der Waals surface area (Å²) in [5.41, 5.74) is -0.416. The van der Waals surface area contributed by atoms with Crippen LogP contribution in [-0.4, -0.2) is 42.8 Å². The Morgan fingerprint density at radius 1 is 1.35 bits per heavy atom. The summed E-state index contributed by atoms with van der Waals surface area (Å²) in [6.45, 7) is 9.66. The topological polar surface area (TPSA) is 41.6 Å². The molecular weight excluding hydrogens is 252 g/mol. The normalized spacial score (nSPS) is 18.1. The van der Waals surface area contributed by atoms with Crippen LogP contribution in [0.4, 0.5) is 4.79 Å². The fourth-order valence-electron chi connectivity index (χ4n) is 2.70. The lowest BCUT2D eigenvalue weighted by Gasteiger charge is -2.25. The van der Waals surface area contributed by atoms with Crippen LogP contribution in [0.15, 0.2) is 0 Å². The van der Waals surface area contributed by atoms with Crippen molar-refractivity contribution in [1.29, 1.82) is 0 Å². The fraction of sp³-hybridized carbons (Fsp3) is 0.938. The van der Waals surface area contributed by atoms with Gasteiger partial charge in [0.25, 0.3) is 0 Å². The number of nitrogens with zero attached hydrogens (tertiary/aromatic N) is 1. The molecule has 1 unspecified atom stereocenters. The van der Waals surface area contributed by atoms with Crippen LogP contribution in [0, 0.1) is 5.92 Å². The molecule has 0 aromatic heterocycles. The Balaban J connectivity index is 2.12. The minimum absolute atomic E-state index is 0.235. The van der Waals surface area contributed by atoms with E-state index in [2.05, 4.69) is 12.2 Å². The number of rotatable bonds is 6. The van der Waals surface area contributed by atoms with E-state index in [0.717, 1.165) is 25.4 Å². The Kier molecular flexibility index (Phi) is 6.80. The first-order valence-electron chi connectivity index (χ1n) is 7.97. The first-order chi connectivity index (χ1) is 9.29.